The van der Waals surface area contributed by atoms with E-state index in [1.54, 1.807) is 13.8 Å². The lowest BCUT2D eigenvalue weighted by Crippen LogP contribution is -2.48. The Bertz CT molecular complexity index is 532. The van der Waals surface area contributed by atoms with Gasteiger partial charge in [-0.2, -0.15) is 0 Å². The highest BCUT2D eigenvalue weighted by molar-refractivity contribution is 5.82. The summed E-state index contributed by atoms with van der Waals surface area (Å²) in [5.41, 5.74) is 10.4. The van der Waals surface area contributed by atoms with Crippen LogP contribution in [-0.4, -0.2) is 25.7 Å². The first-order valence-corrected chi connectivity index (χ1v) is 6.96. The number of rotatable bonds is 7. The smallest absolute Gasteiger partial charge is 0.330 e. The zero-order valence-electron chi connectivity index (χ0n) is 13.0. The van der Waals surface area contributed by atoms with Gasteiger partial charge in [0.2, 0.25) is 0 Å². The first kappa shape index (κ1) is 17.0. The van der Waals surface area contributed by atoms with Gasteiger partial charge in [-0.3, -0.25) is 5.32 Å². The van der Waals surface area contributed by atoms with Crippen molar-refractivity contribution in [2.75, 3.05) is 19.7 Å². The molecule has 0 aromatic heterocycles. The van der Waals surface area contributed by atoms with Crippen LogP contribution in [0.15, 0.2) is 23.3 Å². The van der Waals surface area contributed by atoms with Crippen LogP contribution in [-0.2, 0) is 15.1 Å². The summed E-state index contributed by atoms with van der Waals surface area (Å²) < 4.78 is 5.19. The highest BCUT2D eigenvalue weighted by Gasteiger charge is 2.36. The normalized spacial score (nSPS) is 13.1. The molecule has 1 atom stereocenters. The first-order valence-electron chi connectivity index (χ1n) is 6.96. The van der Waals surface area contributed by atoms with Crippen molar-refractivity contribution in [3.05, 3.63) is 45.3 Å². The molecule has 0 saturated heterocycles. The minimum Gasteiger partial charge on any atom is -0.464 e. The molecule has 0 amide bonds. The molecule has 1 aromatic carbocycles. The molecule has 0 aliphatic heterocycles. The number of carbonyl (C=O) groups excluding carboxylic acids is 1. The quantitative estimate of drug-likeness (QED) is 0.275. The van der Waals surface area contributed by atoms with E-state index in [0.717, 1.165) is 16.7 Å². The summed E-state index contributed by atoms with van der Waals surface area (Å²) in [7, 11) is 0. The topological polar surface area (TPSA) is 87.1 Å². The van der Waals surface area contributed by atoms with Gasteiger partial charge < -0.3 is 4.74 Å². The largest absolute Gasteiger partial charge is 0.464 e. The van der Waals surface area contributed by atoms with Gasteiger partial charge in [-0.1, -0.05) is 34.4 Å². The van der Waals surface area contributed by atoms with Crippen LogP contribution in [0.1, 0.15) is 30.5 Å². The van der Waals surface area contributed by atoms with Crippen molar-refractivity contribution >= 4 is 5.97 Å². The number of azide groups is 1. The van der Waals surface area contributed by atoms with Crippen LogP contribution >= 0.6 is 0 Å². The number of benzene rings is 1. The molecule has 114 valence electrons. The number of ether oxygens (including phenoxy) is 1. The van der Waals surface area contributed by atoms with E-state index in [-0.39, 0.29) is 12.5 Å². The summed E-state index contributed by atoms with van der Waals surface area (Å²) in [6, 6.07) is 5.98. The van der Waals surface area contributed by atoms with Crippen molar-refractivity contribution in [1.29, 1.82) is 0 Å². The van der Waals surface area contributed by atoms with Gasteiger partial charge >= 0.3 is 5.97 Å². The minimum absolute atomic E-state index is 0.274. The van der Waals surface area contributed by atoms with Gasteiger partial charge in [0.05, 0.1) is 6.61 Å². The Morgan fingerprint density at radius 2 is 2.00 bits per heavy atom. The standard InChI is InChI=1S/C15H22N4O2/c1-5-21-14(20)15(4,17-6-7-18-19-16)13-9-11(2)8-12(3)10-13/h8-10,17H,5-7H2,1-4H3. The third kappa shape index (κ3) is 4.48. The van der Waals surface area contributed by atoms with Crippen LogP contribution < -0.4 is 5.32 Å². The highest BCUT2D eigenvalue weighted by Crippen LogP contribution is 2.25. The van der Waals surface area contributed by atoms with E-state index >= 15 is 0 Å². The van der Waals surface area contributed by atoms with E-state index < -0.39 is 5.54 Å². The maximum Gasteiger partial charge on any atom is 0.330 e. The van der Waals surface area contributed by atoms with E-state index in [2.05, 4.69) is 21.4 Å². The Morgan fingerprint density at radius 1 is 1.38 bits per heavy atom. The SMILES string of the molecule is CCOC(=O)C(C)(NCCN=[N+]=[N-])c1cc(C)cc(C)c1. The zero-order valence-corrected chi connectivity index (χ0v) is 13.0. The first-order chi connectivity index (χ1) is 9.93. The molecule has 0 spiro atoms. The van der Waals surface area contributed by atoms with Gasteiger partial charge in [-0.05, 0) is 38.8 Å². The molecule has 0 aliphatic rings. The highest BCUT2D eigenvalue weighted by atomic mass is 16.5. The molecular weight excluding hydrogens is 268 g/mol. The van der Waals surface area contributed by atoms with E-state index in [0.29, 0.717) is 13.2 Å². The summed E-state index contributed by atoms with van der Waals surface area (Å²) in [4.78, 5) is 15.1. The molecule has 0 heterocycles. The van der Waals surface area contributed by atoms with E-state index in [9.17, 15) is 4.79 Å². The fraction of sp³-hybridized carbons (Fsp3) is 0.533. The van der Waals surface area contributed by atoms with Crippen LogP contribution in [0.5, 0.6) is 0 Å². The van der Waals surface area contributed by atoms with Crippen LogP contribution in [0.2, 0.25) is 0 Å². The number of aryl methyl sites for hydroxylation is 2. The number of nitrogens with zero attached hydrogens (tertiary/aromatic N) is 3. The van der Waals surface area contributed by atoms with Crippen LogP contribution in [0.4, 0.5) is 0 Å². The van der Waals surface area contributed by atoms with Crippen molar-refractivity contribution in [3.8, 4) is 0 Å². The number of carbonyl (C=O) groups is 1. The molecule has 0 radical (unpaired) electrons. The van der Waals surface area contributed by atoms with Crippen molar-refractivity contribution in [1.82, 2.24) is 5.32 Å². The van der Waals surface area contributed by atoms with Gasteiger partial charge in [0.25, 0.3) is 0 Å². The fourth-order valence-corrected chi connectivity index (χ4v) is 2.23. The Balaban J connectivity index is 3.10. The zero-order chi connectivity index (χ0) is 15.9. The predicted octanol–water partition coefficient (Wildman–Crippen LogP) is 2.98. The third-order valence-corrected chi connectivity index (χ3v) is 3.24. The van der Waals surface area contributed by atoms with Gasteiger partial charge in [0.1, 0.15) is 5.54 Å². The minimum atomic E-state index is -0.961. The Kier molecular flexibility index (Phi) is 6.21. The Labute approximate surface area is 125 Å². The molecule has 1 N–H and O–H groups in total. The molecule has 0 bridgehead atoms. The molecule has 6 heteroatoms. The number of hydrogen-bond donors (Lipinski definition) is 1. The van der Waals surface area contributed by atoms with Crippen molar-refractivity contribution in [2.24, 2.45) is 5.11 Å². The van der Waals surface area contributed by atoms with Gasteiger partial charge in [0, 0.05) is 18.0 Å². The monoisotopic (exact) mass is 290 g/mol. The van der Waals surface area contributed by atoms with Crippen LogP contribution in [0.25, 0.3) is 10.4 Å². The summed E-state index contributed by atoms with van der Waals surface area (Å²) in [5, 5.41) is 6.62. The molecule has 21 heavy (non-hydrogen) atoms. The van der Waals surface area contributed by atoms with Crippen molar-refractivity contribution in [3.63, 3.8) is 0 Å². The summed E-state index contributed by atoms with van der Waals surface area (Å²) in [6.07, 6.45) is 0. The third-order valence-electron chi connectivity index (χ3n) is 3.24. The molecular formula is C15H22N4O2. The molecule has 0 fully saturated rings. The molecule has 1 rings (SSSR count). The van der Waals surface area contributed by atoms with Gasteiger partial charge in [0.15, 0.2) is 0 Å². The lowest BCUT2D eigenvalue weighted by Gasteiger charge is -2.29. The molecule has 1 unspecified atom stereocenters. The summed E-state index contributed by atoms with van der Waals surface area (Å²) >= 11 is 0. The van der Waals surface area contributed by atoms with E-state index in [1.165, 1.54) is 0 Å². The average Bonchev–Trinajstić information content (AvgIpc) is 2.42. The lowest BCUT2D eigenvalue weighted by atomic mass is 9.89. The average molecular weight is 290 g/mol. The molecule has 0 aliphatic carbocycles. The van der Waals surface area contributed by atoms with Crippen LogP contribution in [0.3, 0.4) is 0 Å². The molecule has 6 nitrogen and oxygen atoms in total. The Morgan fingerprint density at radius 3 is 2.52 bits per heavy atom. The maximum atomic E-state index is 12.4. The number of hydrogen-bond acceptors (Lipinski definition) is 4. The fourth-order valence-electron chi connectivity index (χ4n) is 2.23. The second-order valence-electron chi connectivity index (χ2n) is 5.10. The van der Waals surface area contributed by atoms with Crippen molar-refractivity contribution < 1.29 is 9.53 Å². The predicted molar refractivity (Wildman–Crippen MR) is 81.9 cm³/mol. The number of esters is 1. The second-order valence-corrected chi connectivity index (χ2v) is 5.10. The second kappa shape index (κ2) is 7.67. The number of nitrogens with one attached hydrogen (secondary N) is 1. The summed E-state index contributed by atoms with van der Waals surface area (Å²) in [5.74, 6) is -0.337. The van der Waals surface area contributed by atoms with Gasteiger partial charge in [-0.25, -0.2) is 4.79 Å². The lowest BCUT2D eigenvalue weighted by molar-refractivity contribution is -0.151. The van der Waals surface area contributed by atoms with Crippen molar-refractivity contribution in [2.45, 2.75) is 33.2 Å². The van der Waals surface area contributed by atoms with E-state index in [1.807, 2.05) is 26.0 Å². The molecule has 0 saturated carbocycles. The Hall–Kier alpha value is -2.04. The van der Waals surface area contributed by atoms with Crippen LogP contribution in [0, 0.1) is 13.8 Å². The maximum absolute atomic E-state index is 12.4. The molecule has 1 aromatic rings. The summed E-state index contributed by atoms with van der Waals surface area (Å²) in [6.45, 7) is 8.53. The van der Waals surface area contributed by atoms with Gasteiger partial charge in [-0.15, -0.1) is 0 Å². The van der Waals surface area contributed by atoms with E-state index in [4.69, 9.17) is 10.3 Å².